The first kappa shape index (κ1) is 11.9. The molecule has 0 radical (unpaired) electrons. The fourth-order valence-electron chi connectivity index (χ4n) is 2.91. The third-order valence-corrected chi connectivity index (χ3v) is 4.07. The minimum absolute atomic E-state index is 0.00104. The van der Waals surface area contributed by atoms with Crippen molar-refractivity contribution < 1.29 is 13.5 Å². The van der Waals surface area contributed by atoms with Crippen molar-refractivity contribution in [2.45, 2.75) is 43.7 Å². The first-order chi connectivity index (χ1) is 8.69. The standard InChI is InChI=1S/C14H17F2NO/c15-11-3-1-4-12(16)13(11)17-10-5-8-18-14(9-10)6-2-7-14/h1,3-4,10,17H,2,5-9H2. The summed E-state index contributed by atoms with van der Waals surface area (Å²) in [5.74, 6) is -1.05. The lowest BCUT2D eigenvalue weighted by molar-refractivity contribution is -0.130. The first-order valence-corrected chi connectivity index (χ1v) is 6.53. The molecule has 1 heterocycles. The molecule has 98 valence electrons. The molecule has 3 rings (SSSR count). The Morgan fingerprint density at radius 2 is 1.94 bits per heavy atom. The number of hydrogen-bond acceptors (Lipinski definition) is 2. The Balaban J connectivity index is 1.72. The third-order valence-electron chi connectivity index (χ3n) is 4.07. The van der Waals surface area contributed by atoms with Gasteiger partial charge in [-0.05, 0) is 44.2 Å². The Morgan fingerprint density at radius 1 is 1.22 bits per heavy atom. The predicted molar refractivity (Wildman–Crippen MR) is 65.5 cm³/mol. The monoisotopic (exact) mass is 253 g/mol. The smallest absolute Gasteiger partial charge is 0.149 e. The Morgan fingerprint density at radius 3 is 2.56 bits per heavy atom. The Hall–Kier alpha value is -1.16. The van der Waals surface area contributed by atoms with Crippen LogP contribution in [0.1, 0.15) is 32.1 Å². The maximum atomic E-state index is 13.6. The van der Waals surface area contributed by atoms with Crippen LogP contribution >= 0.6 is 0 Å². The maximum absolute atomic E-state index is 13.6. The molecule has 1 N–H and O–H groups in total. The summed E-state index contributed by atoms with van der Waals surface area (Å²) in [6.07, 6.45) is 4.99. The average molecular weight is 253 g/mol. The van der Waals surface area contributed by atoms with Crippen molar-refractivity contribution in [1.29, 1.82) is 0 Å². The van der Waals surface area contributed by atoms with Gasteiger partial charge in [-0.25, -0.2) is 8.78 Å². The van der Waals surface area contributed by atoms with E-state index < -0.39 is 11.6 Å². The van der Waals surface area contributed by atoms with Crippen LogP contribution in [0, 0.1) is 11.6 Å². The minimum atomic E-state index is -0.524. The lowest BCUT2D eigenvalue weighted by atomic mass is 9.74. The molecule has 0 aromatic heterocycles. The molecule has 1 aliphatic heterocycles. The molecule has 0 amide bonds. The van der Waals surface area contributed by atoms with Gasteiger partial charge in [0.05, 0.1) is 5.60 Å². The molecule has 1 aromatic carbocycles. The summed E-state index contributed by atoms with van der Waals surface area (Å²) in [6, 6.07) is 4.05. The maximum Gasteiger partial charge on any atom is 0.149 e. The van der Waals surface area contributed by atoms with E-state index in [-0.39, 0.29) is 17.3 Å². The van der Waals surface area contributed by atoms with Crippen molar-refractivity contribution in [3.63, 3.8) is 0 Å². The fraction of sp³-hybridized carbons (Fsp3) is 0.571. The molecule has 2 fully saturated rings. The van der Waals surface area contributed by atoms with Gasteiger partial charge in [-0.3, -0.25) is 0 Å². The number of hydrogen-bond donors (Lipinski definition) is 1. The van der Waals surface area contributed by atoms with Crippen molar-refractivity contribution in [3.05, 3.63) is 29.8 Å². The quantitative estimate of drug-likeness (QED) is 0.871. The predicted octanol–water partition coefficient (Wildman–Crippen LogP) is 3.48. The highest BCUT2D eigenvalue weighted by Crippen LogP contribution is 2.43. The molecule has 1 unspecified atom stereocenters. The van der Waals surface area contributed by atoms with Crippen molar-refractivity contribution >= 4 is 5.69 Å². The zero-order valence-electron chi connectivity index (χ0n) is 10.2. The summed E-state index contributed by atoms with van der Waals surface area (Å²) in [7, 11) is 0. The number of para-hydroxylation sites is 1. The van der Waals surface area contributed by atoms with Gasteiger partial charge in [-0.1, -0.05) is 6.07 Å². The lowest BCUT2D eigenvalue weighted by Gasteiger charge is -2.47. The number of anilines is 1. The van der Waals surface area contributed by atoms with Crippen LogP contribution in [0.3, 0.4) is 0 Å². The second-order valence-corrected chi connectivity index (χ2v) is 5.32. The van der Waals surface area contributed by atoms with Crippen LogP contribution in [-0.2, 0) is 4.74 Å². The van der Waals surface area contributed by atoms with E-state index in [2.05, 4.69) is 5.32 Å². The summed E-state index contributed by atoms with van der Waals surface area (Å²) in [6.45, 7) is 0.674. The van der Waals surface area contributed by atoms with Crippen molar-refractivity contribution in [3.8, 4) is 0 Å². The van der Waals surface area contributed by atoms with Crippen molar-refractivity contribution in [2.75, 3.05) is 11.9 Å². The second kappa shape index (κ2) is 4.50. The Labute approximate surface area is 105 Å². The van der Waals surface area contributed by atoms with E-state index >= 15 is 0 Å². The highest BCUT2D eigenvalue weighted by molar-refractivity contribution is 5.47. The van der Waals surface area contributed by atoms with Gasteiger partial charge >= 0.3 is 0 Å². The molecule has 18 heavy (non-hydrogen) atoms. The third kappa shape index (κ3) is 2.09. The molecular weight excluding hydrogens is 236 g/mol. The van der Waals surface area contributed by atoms with Crippen LogP contribution in [0.2, 0.25) is 0 Å². The van der Waals surface area contributed by atoms with Crippen molar-refractivity contribution in [1.82, 2.24) is 0 Å². The van der Waals surface area contributed by atoms with Crippen LogP contribution in [0.25, 0.3) is 0 Å². The zero-order valence-corrected chi connectivity index (χ0v) is 10.2. The second-order valence-electron chi connectivity index (χ2n) is 5.32. The average Bonchev–Trinajstić information content (AvgIpc) is 2.33. The zero-order chi connectivity index (χ0) is 12.6. The van der Waals surface area contributed by atoms with Gasteiger partial charge in [-0.15, -0.1) is 0 Å². The highest BCUT2D eigenvalue weighted by Gasteiger charge is 2.42. The number of halogens is 2. The van der Waals surface area contributed by atoms with Crippen molar-refractivity contribution in [2.24, 2.45) is 0 Å². The fourth-order valence-corrected chi connectivity index (χ4v) is 2.91. The normalized spacial score (nSPS) is 25.8. The molecule has 1 aliphatic carbocycles. The van der Waals surface area contributed by atoms with E-state index in [9.17, 15) is 8.78 Å². The number of nitrogens with one attached hydrogen (secondary N) is 1. The van der Waals surface area contributed by atoms with Gasteiger partial charge in [0.25, 0.3) is 0 Å². The van der Waals surface area contributed by atoms with Gasteiger partial charge in [0.15, 0.2) is 0 Å². The summed E-state index contributed by atoms with van der Waals surface area (Å²) in [4.78, 5) is 0. The highest BCUT2D eigenvalue weighted by atomic mass is 19.1. The molecule has 1 saturated carbocycles. The minimum Gasteiger partial charge on any atom is -0.377 e. The molecular formula is C14H17F2NO. The summed E-state index contributed by atoms with van der Waals surface area (Å²) in [5, 5.41) is 3.01. The van der Waals surface area contributed by atoms with E-state index in [1.807, 2.05) is 0 Å². The van der Waals surface area contributed by atoms with E-state index in [0.717, 1.165) is 25.7 Å². The molecule has 1 saturated heterocycles. The van der Waals surface area contributed by atoms with Crippen LogP contribution < -0.4 is 5.32 Å². The van der Waals surface area contributed by atoms with Crippen LogP contribution in [0.5, 0.6) is 0 Å². The van der Waals surface area contributed by atoms with Crippen LogP contribution in [-0.4, -0.2) is 18.2 Å². The Bertz CT molecular complexity index is 425. The SMILES string of the molecule is Fc1cccc(F)c1NC1CCOC2(CCC2)C1. The Kier molecular flexibility index (Phi) is 2.98. The number of rotatable bonds is 2. The summed E-state index contributed by atoms with van der Waals surface area (Å²) in [5.41, 5.74) is -0.0173. The largest absolute Gasteiger partial charge is 0.377 e. The lowest BCUT2D eigenvalue weighted by Crippen LogP contribution is -2.49. The topological polar surface area (TPSA) is 21.3 Å². The number of ether oxygens (including phenoxy) is 1. The van der Waals surface area contributed by atoms with Gasteiger partial charge in [0.1, 0.15) is 17.3 Å². The van der Waals surface area contributed by atoms with E-state index in [4.69, 9.17) is 4.74 Å². The molecule has 2 nitrogen and oxygen atoms in total. The number of benzene rings is 1. The summed E-state index contributed by atoms with van der Waals surface area (Å²) >= 11 is 0. The van der Waals surface area contributed by atoms with Gasteiger partial charge in [0.2, 0.25) is 0 Å². The summed E-state index contributed by atoms with van der Waals surface area (Å²) < 4.78 is 32.9. The molecule has 2 aliphatic rings. The van der Waals surface area contributed by atoms with E-state index in [1.54, 1.807) is 0 Å². The van der Waals surface area contributed by atoms with E-state index in [1.165, 1.54) is 24.6 Å². The van der Waals surface area contributed by atoms with Gasteiger partial charge in [-0.2, -0.15) is 0 Å². The molecule has 1 spiro atoms. The van der Waals surface area contributed by atoms with Crippen LogP contribution in [0.15, 0.2) is 18.2 Å². The molecule has 1 aromatic rings. The van der Waals surface area contributed by atoms with E-state index in [0.29, 0.717) is 6.61 Å². The van der Waals surface area contributed by atoms with Gasteiger partial charge < -0.3 is 10.1 Å². The molecule has 4 heteroatoms. The first-order valence-electron chi connectivity index (χ1n) is 6.53. The van der Waals surface area contributed by atoms with Gasteiger partial charge in [0, 0.05) is 12.6 Å². The van der Waals surface area contributed by atoms with Crippen LogP contribution in [0.4, 0.5) is 14.5 Å². The molecule has 0 bridgehead atoms. The molecule has 1 atom stereocenters.